The number of anilines is 1. The third-order valence-corrected chi connectivity index (χ3v) is 6.26. The van der Waals surface area contributed by atoms with Crippen LogP contribution in [0.4, 0.5) is 5.69 Å². The minimum atomic E-state index is -0.282. The third kappa shape index (κ3) is 3.45. The fourth-order valence-electron chi connectivity index (χ4n) is 2.84. The van der Waals surface area contributed by atoms with Gasteiger partial charge in [0.2, 0.25) is 5.91 Å². The number of carbonyl (C=O) groups is 1. The van der Waals surface area contributed by atoms with Crippen molar-refractivity contribution in [2.45, 2.75) is 11.4 Å². The Labute approximate surface area is 168 Å². The molecule has 27 heavy (non-hydrogen) atoms. The molecule has 0 atom stereocenters. The Morgan fingerprint density at radius 2 is 2.11 bits per heavy atom. The molecule has 2 aromatic carbocycles. The zero-order valence-corrected chi connectivity index (χ0v) is 16.6. The smallest absolute Gasteiger partial charge is 0.271 e. The van der Waals surface area contributed by atoms with Gasteiger partial charge in [-0.1, -0.05) is 23.7 Å². The minimum absolute atomic E-state index is 0.104. The number of rotatable bonds is 4. The van der Waals surface area contributed by atoms with E-state index in [9.17, 15) is 9.59 Å². The number of nitrogens with one attached hydrogen (secondary N) is 1. The van der Waals surface area contributed by atoms with Crippen molar-refractivity contribution in [3.8, 4) is 0 Å². The number of hydrogen-bond acceptors (Lipinski definition) is 5. The van der Waals surface area contributed by atoms with E-state index in [0.29, 0.717) is 20.9 Å². The van der Waals surface area contributed by atoms with Crippen LogP contribution in [0, 0.1) is 0 Å². The maximum Gasteiger partial charge on any atom is 0.271 e. The fourth-order valence-corrected chi connectivity index (χ4v) is 4.75. The molecule has 5 nitrogen and oxygen atoms in total. The minimum Gasteiger partial charge on any atom is -0.324 e. The highest BCUT2D eigenvalue weighted by atomic mass is 35.5. The number of aromatic nitrogens is 2. The van der Waals surface area contributed by atoms with Gasteiger partial charge >= 0.3 is 0 Å². The lowest BCUT2D eigenvalue weighted by molar-refractivity contribution is -0.116. The summed E-state index contributed by atoms with van der Waals surface area (Å²) in [5.74, 6) is -0.282. The second-order valence-electron chi connectivity index (χ2n) is 5.85. The number of benzene rings is 2. The second-order valence-corrected chi connectivity index (χ2v) is 8.19. The summed E-state index contributed by atoms with van der Waals surface area (Å²) >= 11 is 9.19. The summed E-state index contributed by atoms with van der Waals surface area (Å²) in [6.07, 6.45) is 3.37. The number of halogens is 1. The summed E-state index contributed by atoms with van der Waals surface area (Å²) in [4.78, 5) is 30.6. The number of amides is 1. The van der Waals surface area contributed by atoms with Crippen molar-refractivity contribution < 1.29 is 4.79 Å². The van der Waals surface area contributed by atoms with Crippen molar-refractivity contribution >= 4 is 66.6 Å². The summed E-state index contributed by atoms with van der Waals surface area (Å²) in [6.45, 7) is -0.104. The largest absolute Gasteiger partial charge is 0.324 e. The van der Waals surface area contributed by atoms with Gasteiger partial charge in [-0.3, -0.25) is 14.2 Å². The number of thioether (sulfide) groups is 1. The molecule has 0 aliphatic rings. The van der Waals surface area contributed by atoms with E-state index in [1.807, 2.05) is 42.7 Å². The van der Waals surface area contributed by atoms with E-state index < -0.39 is 0 Å². The van der Waals surface area contributed by atoms with Crippen LogP contribution in [0.2, 0.25) is 5.02 Å². The van der Waals surface area contributed by atoms with Gasteiger partial charge in [-0.25, -0.2) is 4.98 Å². The van der Waals surface area contributed by atoms with E-state index in [-0.39, 0.29) is 18.0 Å². The first-order valence-corrected chi connectivity index (χ1v) is 10.5. The molecule has 0 radical (unpaired) electrons. The highest BCUT2D eigenvalue weighted by Crippen LogP contribution is 2.34. The van der Waals surface area contributed by atoms with Gasteiger partial charge in [0.1, 0.15) is 11.2 Å². The van der Waals surface area contributed by atoms with Gasteiger partial charge in [0.15, 0.2) is 0 Å². The Bertz CT molecular complexity index is 1230. The van der Waals surface area contributed by atoms with Crippen LogP contribution in [0.25, 0.3) is 20.3 Å². The SMILES string of the molecule is CSc1cccc(NC(=O)Cn2cnc3c(sc4cccc(Cl)c43)c2=O)c1. The molecule has 4 aromatic rings. The zero-order valence-electron chi connectivity index (χ0n) is 14.2. The van der Waals surface area contributed by atoms with E-state index in [1.54, 1.807) is 17.8 Å². The molecule has 8 heteroatoms. The molecule has 0 aliphatic heterocycles. The summed E-state index contributed by atoms with van der Waals surface area (Å²) in [6, 6.07) is 13.1. The van der Waals surface area contributed by atoms with Crippen LogP contribution >= 0.6 is 34.7 Å². The Morgan fingerprint density at radius 1 is 1.30 bits per heavy atom. The van der Waals surface area contributed by atoms with Crippen molar-refractivity contribution in [1.82, 2.24) is 9.55 Å². The molecule has 0 saturated heterocycles. The van der Waals surface area contributed by atoms with E-state index >= 15 is 0 Å². The van der Waals surface area contributed by atoms with Crippen LogP contribution in [0.15, 0.2) is 58.5 Å². The Morgan fingerprint density at radius 3 is 2.93 bits per heavy atom. The first kappa shape index (κ1) is 18.0. The lowest BCUT2D eigenvalue weighted by atomic mass is 10.2. The molecule has 1 N–H and O–H groups in total. The number of carbonyl (C=O) groups excluding carboxylic acids is 1. The van der Waals surface area contributed by atoms with E-state index in [0.717, 1.165) is 15.0 Å². The molecule has 0 saturated carbocycles. The quantitative estimate of drug-likeness (QED) is 0.494. The van der Waals surface area contributed by atoms with Crippen LogP contribution in [-0.4, -0.2) is 21.7 Å². The van der Waals surface area contributed by atoms with Crippen LogP contribution in [0.1, 0.15) is 0 Å². The van der Waals surface area contributed by atoms with E-state index in [1.165, 1.54) is 22.2 Å². The lowest BCUT2D eigenvalue weighted by Crippen LogP contribution is -2.27. The Balaban J connectivity index is 1.65. The zero-order chi connectivity index (χ0) is 19.0. The van der Waals surface area contributed by atoms with Crippen molar-refractivity contribution in [3.63, 3.8) is 0 Å². The topological polar surface area (TPSA) is 64.0 Å². The molecule has 4 rings (SSSR count). The van der Waals surface area contributed by atoms with Crippen molar-refractivity contribution in [1.29, 1.82) is 0 Å². The van der Waals surface area contributed by atoms with Gasteiger partial charge in [0, 0.05) is 20.7 Å². The fraction of sp³-hybridized carbons (Fsp3) is 0.105. The molecule has 2 aromatic heterocycles. The van der Waals surface area contributed by atoms with Crippen LogP contribution in [-0.2, 0) is 11.3 Å². The van der Waals surface area contributed by atoms with E-state index in [4.69, 9.17) is 11.6 Å². The molecule has 136 valence electrons. The number of nitrogens with zero attached hydrogens (tertiary/aromatic N) is 2. The number of thiophene rings is 1. The normalized spacial score (nSPS) is 11.2. The first-order chi connectivity index (χ1) is 13.1. The van der Waals surface area contributed by atoms with Crippen LogP contribution in [0.5, 0.6) is 0 Å². The van der Waals surface area contributed by atoms with Gasteiger partial charge in [0.25, 0.3) is 5.56 Å². The third-order valence-electron chi connectivity index (χ3n) is 4.09. The molecule has 1 amide bonds. The van der Waals surface area contributed by atoms with Gasteiger partial charge in [-0.2, -0.15) is 0 Å². The van der Waals surface area contributed by atoms with E-state index in [2.05, 4.69) is 10.3 Å². The highest BCUT2D eigenvalue weighted by molar-refractivity contribution is 7.98. The van der Waals surface area contributed by atoms with Crippen LogP contribution in [0.3, 0.4) is 0 Å². The van der Waals surface area contributed by atoms with Gasteiger partial charge in [0.05, 0.1) is 16.9 Å². The predicted molar refractivity (Wildman–Crippen MR) is 113 cm³/mol. The average molecular weight is 416 g/mol. The highest BCUT2D eigenvalue weighted by Gasteiger charge is 2.15. The molecule has 0 unspecified atom stereocenters. The van der Waals surface area contributed by atoms with Gasteiger partial charge in [-0.05, 0) is 36.6 Å². The second kappa shape index (κ2) is 7.34. The lowest BCUT2D eigenvalue weighted by Gasteiger charge is -2.08. The molecular formula is C19H14ClN3O2S2. The Kier molecular flexibility index (Phi) is 4.90. The molecule has 0 bridgehead atoms. The summed E-state index contributed by atoms with van der Waals surface area (Å²) < 4.78 is 2.72. The summed E-state index contributed by atoms with van der Waals surface area (Å²) in [5.41, 5.74) is 1.03. The Hall–Kier alpha value is -2.35. The van der Waals surface area contributed by atoms with Crippen molar-refractivity contribution in [3.05, 3.63) is 64.2 Å². The first-order valence-electron chi connectivity index (χ1n) is 8.07. The predicted octanol–water partition coefficient (Wildman–Crippen LogP) is 4.63. The number of fused-ring (bicyclic) bond motifs is 3. The maximum absolute atomic E-state index is 12.8. The molecule has 0 spiro atoms. The van der Waals surface area contributed by atoms with Gasteiger partial charge in [-0.15, -0.1) is 23.1 Å². The molecule has 0 aliphatic carbocycles. The van der Waals surface area contributed by atoms with Crippen LogP contribution < -0.4 is 10.9 Å². The van der Waals surface area contributed by atoms with Crippen molar-refractivity contribution in [2.24, 2.45) is 0 Å². The molecule has 0 fully saturated rings. The number of hydrogen-bond donors (Lipinski definition) is 1. The van der Waals surface area contributed by atoms with Crippen molar-refractivity contribution in [2.75, 3.05) is 11.6 Å². The molecular weight excluding hydrogens is 402 g/mol. The molecule has 2 heterocycles. The summed E-state index contributed by atoms with van der Waals surface area (Å²) in [7, 11) is 0. The average Bonchev–Trinajstić information content (AvgIpc) is 3.05. The summed E-state index contributed by atoms with van der Waals surface area (Å²) in [5, 5.41) is 4.16. The van der Waals surface area contributed by atoms with Gasteiger partial charge < -0.3 is 5.32 Å². The monoisotopic (exact) mass is 415 g/mol. The maximum atomic E-state index is 12.8. The standard InChI is InChI=1S/C19H14ClN3O2S2/c1-26-12-5-2-4-11(8-12)22-15(24)9-23-10-21-17-16-13(20)6-3-7-14(16)27-18(17)19(23)25/h2-8,10H,9H2,1H3,(H,22,24).